The van der Waals surface area contributed by atoms with Crippen molar-refractivity contribution in [3.63, 3.8) is 0 Å². The molecule has 1 N–H and O–H groups in total. The van der Waals surface area contributed by atoms with Gasteiger partial charge >= 0.3 is 0 Å². The highest BCUT2D eigenvalue weighted by Gasteiger charge is 2.29. The van der Waals surface area contributed by atoms with Crippen LogP contribution in [0.25, 0.3) is 22.3 Å². The van der Waals surface area contributed by atoms with Crippen LogP contribution in [-0.4, -0.2) is 40.7 Å². The highest BCUT2D eigenvalue weighted by molar-refractivity contribution is 5.96. The molecule has 8 nitrogen and oxygen atoms in total. The van der Waals surface area contributed by atoms with Gasteiger partial charge in [-0.2, -0.15) is 0 Å². The number of aromatic hydroxyl groups is 1. The van der Waals surface area contributed by atoms with Gasteiger partial charge in [0.15, 0.2) is 17.1 Å². The number of benzene rings is 2. The molecule has 0 amide bonds. The minimum absolute atomic E-state index is 0.00858. The molecule has 8 heteroatoms. The molecule has 0 aliphatic heterocycles. The van der Waals surface area contributed by atoms with E-state index in [0.717, 1.165) is 0 Å². The lowest BCUT2D eigenvalue weighted by Crippen LogP contribution is -2.09. The van der Waals surface area contributed by atoms with Crippen LogP contribution in [0.2, 0.25) is 0 Å². The van der Waals surface area contributed by atoms with Crippen LogP contribution in [0.5, 0.6) is 34.5 Å². The molecule has 0 saturated heterocycles. The van der Waals surface area contributed by atoms with Gasteiger partial charge in [0.2, 0.25) is 28.4 Å². The maximum absolute atomic E-state index is 13.1. The summed E-state index contributed by atoms with van der Waals surface area (Å²) in [6.45, 7) is 0. The normalized spacial score (nSPS) is 10.6. The first-order valence-corrected chi connectivity index (χ1v) is 8.22. The molecule has 0 fully saturated rings. The SMILES string of the molecule is COc1ccc(-c2oc3c(OC)c(OC)c(OC)c(O)c3c(=O)c2OC)cc1. The Morgan fingerprint density at radius 2 is 1.32 bits per heavy atom. The van der Waals surface area contributed by atoms with Crippen LogP contribution in [0.1, 0.15) is 0 Å². The Morgan fingerprint density at radius 1 is 0.750 bits per heavy atom. The Balaban J connectivity index is 2.46. The van der Waals surface area contributed by atoms with E-state index < -0.39 is 11.2 Å². The van der Waals surface area contributed by atoms with Gasteiger partial charge in [0, 0.05) is 5.56 Å². The van der Waals surface area contributed by atoms with Gasteiger partial charge in [0.25, 0.3) is 0 Å². The average molecular weight is 388 g/mol. The van der Waals surface area contributed by atoms with E-state index in [4.69, 9.17) is 28.1 Å². The summed E-state index contributed by atoms with van der Waals surface area (Å²) >= 11 is 0. The molecule has 0 radical (unpaired) electrons. The van der Waals surface area contributed by atoms with Gasteiger partial charge in [-0.3, -0.25) is 4.79 Å². The second kappa shape index (κ2) is 7.59. The quantitative estimate of drug-likeness (QED) is 0.688. The van der Waals surface area contributed by atoms with Crippen molar-refractivity contribution in [3.8, 4) is 45.8 Å². The third-order valence-corrected chi connectivity index (χ3v) is 4.31. The third-order valence-electron chi connectivity index (χ3n) is 4.31. The van der Waals surface area contributed by atoms with Gasteiger partial charge in [-0.1, -0.05) is 0 Å². The molecule has 28 heavy (non-hydrogen) atoms. The first-order valence-electron chi connectivity index (χ1n) is 8.22. The summed E-state index contributed by atoms with van der Waals surface area (Å²) in [7, 11) is 7.02. The van der Waals surface area contributed by atoms with Crippen molar-refractivity contribution in [1.82, 2.24) is 0 Å². The highest BCUT2D eigenvalue weighted by Crippen LogP contribution is 2.50. The van der Waals surface area contributed by atoms with E-state index in [-0.39, 0.29) is 39.7 Å². The number of methoxy groups -OCH3 is 5. The van der Waals surface area contributed by atoms with Crippen molar-refractivity contribution < 1.29 is 33.2 Å². The Kier molecular flexibility index (Phi) is 5.21. The molecule has 0 unspecified atom stereocenters. The molecule has 0 aliphatic rings. The first kappa shape index (κ1) is 19.2. The zero-order valence-corrected chi connectivity index (χ0v) is 16.1. The van der Waals surface area contributed by atoms with Crippen LogP contribution < -0.4 is 29.1 Å². The van der Waals surface area contributed by atoms with Crippen molar-refractivity contribution in [1.29, 1.82) is 0 Å². The number of hydrogen-bond donors (Lipinski definition) is 1. The van der Waals surface area contributed by atoms with Gasteiger partial charge in [-0.15, -0.1) is 0 Å². The van der Waals surface area contributed by atoms with Gasteiger partial charge in [-0.05, 0) is 24.3 Å². The minimum Gasteiger partial charge on any atom is -0.504 e. The average Bonchev–Trinajstić information content (AvgIpc) is 2.72. The second-order valence-electron chi connectivity index (χ2n) is 5.67. The third kappa shape index (κ3) is 2.83. The summed E-state index contributed by atoms with van der Waals surface area (Å²) < 4.78 is 32.3. The summed E-state index contributed by atoms with van der Waals surface area (Å²) in [5.41, 5.74) is 0.00793. The lowest BCUT2D eigenvalue weighted by molar-refractivity contribution is 0.310. The fourth-order valence-electron chi connectivity index (χ4n) is 3.00. The maximum atomic E-state index is 13.1. The predicted octanol–water partition coefficient (Wildman–Crippen LogP) is 3.21. The predicted molar refractivity (Wildman–Crippen MR) is 102 cm³/mol. The number of rotatable bonds is 6. The molecule has 1 aromatic heterocycles. The Bertz CT molecular complexity index is 1070. The van der Waals surface area contributed by atoms with E-state index in [1.165, 1.54) is 28.4 Å². The summed E-state index contributed by atoms with van der Waals surface area (Å²) in [6.07, 6.45) is 0. The van der Waals surface area contributed by atoms with Crippen LogP contribution in [0.4, 0.5) is 0 Å². The zero-order valence-electron chi connectivity index (χ0n) is 16.1. The van der Waals surface area contributed by atoms with E-state index in [1.54, 1.807) is 31.4 Å². The Labute approximate surface area is 160 Å². The largest absolute Gasteiger partial charge is 0.504 e. The smallest absolute Gasteiger partial charge is 0.239 e. The molecular formula is C20H20O8. The van der Waals surface area contributed by atoms with E-state index in [9.17, 15) is 9.90 Å². The molecule has 0 atom stereocenters. The van der Waals surface area contributed by atoms with E-state index in [1.807, 2.05) is 0 Å². The number of phenols is 1. The van der Waals surface area contributed by atoms with Crippen LogP contribution in [0, 0.1) is 0 Å². The van der Waals surface area contributed by atoms with Gasteiger partial charge in [-0.25, -0.2) is 0 Å². The van der Waals surface area contributed by atoms with Crippen LogP contribution in [0.3, 0.4) is 0 Å². The summed E-state index contributed by atoms with van der Waals surface area (Å²) in [4.78, 5) is 13.1. The van der Waals surface area contributed by atoms with Crippen molar-refractivity contribution in [3.05, 3.63) is 34.5 Å². The molecule has 0 aliphatic carbocycles. The van der Waals surface area contributed by atoms with Crippen LogP contribution in [-0.2, 0) is 0 Å². The minimum atomic E-state index is -0.577. The molecule has 0 saturated carbocycles. The summed E-state index contributed by atoms with van der Waals surface area (Å²) in [5, 5.41) is 10.5. The van der Waals surface area contributed by atoms with E-state index in [0.29, 0.717) is 11.3 Å². The number of hydrogen-bond acceptors (Lipinski definition) is 8. The molecule has 1 heterocycles. The van der Waals surface area contributed by atoms with Crippen molar-refractivity contribution >= 4 is 11.0 Å². The molecule has 0 spiro atoms. The number of ether oxygens (including phenoxy) is 5. The summed E-state index contributed by atoms with van der Waals surface area (Å²) in [6, 6.07) is 6.89. The van der Waals surface area contributed by atoms with Crippen molar-refractivity contribution in [2.24, 2.45) is 0 Å². The van der Waals surface area contributed by atoms with Crippen molar-refractivity contribution in [2.75, 3.05) is 35.5 Å². The molecule has 2 aromatic carbocycles. The van der Waals surface area contributed by atoms with Crippen LogP contribution >= 0.6 is 0 Å². The van der Waals surface area contributed by atoms with Crippen LogP contribution in [0.15, 0.2) is 33.5 Å². The van der Waals surface area contributed by atoms with E-state index in [2.05, 4.69) is 0 Å². The molecular weight excluding hydrogens is 368 g/mol. The van der Waals surface area contributed by atoms with Gasteiger partial charge in [0.1, 0.15) is 11.1 Å². The van der Waals surface area contributed by atoms with Gasteiger partial charge in [0.05, 0.1) is 35.5 Å². The topological polar surface area (TPSA) is 96.6 Å². The number of phenolic OH excluding ortho intramolecular Hbond substituents is 1. The molecule has 148 valence electrons. The second-order valence-corrected chi connectivity index (χ2v) is 5.67. The standard InChI is InChI=1S/C20H20O8/c1-23-11-8-6-10(7-9-11)15-17(24-2)13(21)12-14(22)18(25-3)20(27-5)19(26-4)16(12)28-15/h6-9,22H,1-5H3. The molecule has 3 rings (SSSR count). The Morgan fingerprint density at radius 3 is 1.82 bits per heavy atom. The van der Waals surface area contributed by atoms with Crippen molar-refractivity contribution in [2.45, 2.75) is 0 Å². The zero-order chi connectivity index (χ0) is 20.4. The molecule has 0 bridgehead atoms. The Hall–Kier alpha value is -3.55. The van der Waals surface area contributed by atoms with Gasteiger partial charge < -0.3 is 33.2 Å². The summed E-state index contributed by atoms with van der Waals surface area (Å²) in [5.74, 6) is 0.495. The maximum Gasteiger partial charge on any atom is 0.239 e. The first-order chi connectivity index (χ1) is 13.5. The number of fused-ring (bicyclic) bond motifs is 1. The molecule has 3 aromatic rings. The lowest BCUT2D eigenvalue weighted by atomic mass is 10.1. The fourth-order valence-corrected chi connectivity index (χ4v) is 3.00. The fraction of sp³-hybridized carbons (Fsp3) is 0.250. The monoisotopic (exact) mass is 388 g/mol. The van der Waals surface area contributed by atoms with E-state index >= 15 is 0 Å². The lowest BCUT2D eigenvalue weighted by Gasteiger charge is -2.17. The highest BCUT2D eigenvalue weighted by atomic mass is 16.5.